The van der Waals surface area contributed by atoms with Crippen LogP contribution in [0.5, 0.6) is 0 Å². The van der Waals surface area contributed by atoms with Gasteiger partial charge >= 0.3 is 0 Å². The van der Waals surface area contributed by atoms with Gasteiger partial charge in [-0.2, -0.15) is 0 Å². The number of amides is 1. The number of hydrogen-bond donors (Lipinski definition) is 2. The van der Waals surface area contributed by atoms with Gasteiger partial charge < -0.3 is 16.0 Å². The molecule has 3 N–H and O–H groups in total. The van der Waals surface area contributed by atoms with E-state index in [1.54, 1.807) is 0 Å². The standard InChI is InChI=1S/C16H24FN3O/c1-12-5-3-2-4-9-20(12)10-8-16(21)19-13-6-7-14(17)15(18)11-13/h6-7,11-12H,2-5,8-10,18H2,1H3,(H,19,21). The molecule has 5 heteroatoms. The fourth-order valence-corrected chi connectivity index (χ4v) is 2.76. The van der Waals surface area contributed by atoms with Gasteiger partial charge in [0.1, 0.15) is 5.82 Å². The number of hydrogen-bond acceptors (Lipinski definition) is 3. The Morgan fingerprint density at radius 1 is 1.43 bits per heavy atom. The van der Waals surface area contributed by atoms with E-state index in [-0.39, 0.29) is 11.6 Å². The van der Waals surface area contributed by atoms with Gasteiger partial charge in [-0.3, -0.25) is 4.79 Å². The van der Waals surface area contributed by atoms with Crippen molar-refractivity contribution in [2.24, 2.45) is 0 Å². The van der Waals surface area contributed by atoms with Crippen LogP contribution in [-0.4, -0.2) is 29.9 Å². The van der Waals surface area contributed by atoms with Crippen molar-refractivity contribution >= 4 is 17.3 Å². The highest BCUT2D eigenvalue weighted by atomic mass is 19.1. The Hall–Kier alpha value is -1.62. The highest BCUT2D eigenvalue weighted by Crippen LogP contribution is 2.18. The minimum absolute atomic E-state index is 0.0499. The van der Waals surface area contributed by atoms with Gasteiger partial charge in [0.15, 0.2) is 0 Å². The Labute approximate surface area is 125 Å². The van der Waals surface area contributed by atoms with Crippen LogP contribution in [0.3, 0.4) is 0 Å². The van der Waals surface area contributed by atoms with E-state index in [9.17, 15) is 9.18 Å². The average molecular weight is 293 g/mol. The highest BCUT2D eigenvalue weighted by molar-refractivity contribution is 5.91. The number of nitrogens with zero attached hydrogens (tertiary/aromatic N) is 1. The zero-order chi connectivity index (χ0) is 15.2. The Balaban J connectivity index is 1.82. The van der Waals surface area contributed by atoms with Gasteiger partial charge in [-0.25, -0.2) is 4.39 Å². The first-order chi connectivity index (χ1) is 10.1. The second-order valence-electron chi connectivity index (χ2n) is 5.77. The molecule has 1 aliphatic heterocycles. The molecule has 2 rings (SSSR count). The van der Waals surface area contributed by atoms with Crippen LogP contribution in [0.15, 0.2) is 18.2 Å². The molecule has 1 unspecified atom stereocenters. The lowest BCUT2D eigenvalue weighted by atomic mass is 10.1. The molecule has 1 heterocycles. The monoisotopic (exact) mass is 293 g/mol. The molecule has 21 heavy (non-hydrogen) atoms. The van der Waals surface area contributed by atoms with Crippen molar-refractivity contribution in [1.82, 2.24) is 4.90 Å². The number of benzene rings is 1. The predicted molar refractivity (Wildman–Crippen MR) is 83.6 cm³/mol. The molecular formula is C16H24FN3O. The maximum absolute atomic E-state index is 13.1. The zero-order valence-electron chi connectivity index (χ0n) is 12.6. The minimum Gasteiger partial charge on any atom is -0.396 e. The molecule has 116 valence electrons. The van der Waals surface area contributed by atoms with E-state index in [0.29, 0.717) is 18.2 Å². The number of anilines is 2. The molecule has 1 atom stereocenters. The molecule has 0 spiro atoms. The fourth-order valence-electron chi connectivity index (χ4n) is 2.76. The molecule has 1 saturated heterocycles. The van der Waals surface area contributed by atoms with Crippen molar-refractivity contribution in [2.45, 2.75) is 45.1 Å². The number of nitrogens with one attached hydrogen (secondary N) is 1. The second-order valence-corrected chi connectivity index (χ2v) is 5.77. The Morgan fingerprint density at radius 2 is 2.24 bits per heavy atom. The number of carbonyl (C=O) groups excluding carboxylic acids is 1. The van der Waals surface area contributed by atoms with Gasteiger partial charge in [-0.05, 0) is 44.5 Å². The summed E-state index contributed by atoms with van der Waals surface area (Å²) in [4.78, 5) is 14.4. The van der Waals surface area contributed by atoms with Crippen LogP contribution >= 0.6 is 0 Å². The third-order valence-corrected chi connectivity index (χ3v) is 4.10. The van der Waals surface area contributed by atoms with Crippen LogP contribution in [0, 0.1) is 5.82 Å². The van der Waals surface area contributed by atoms with E-state index in [1.165, 1.54) is 43.9 Å². The Morgan fingerprint density at radius 3 is 3.00 bits per heavy atom. The number of halogens is 1. The fraction of sp³-hybridized carbons (Fsp3) is 0.562. The molecular weight excluding hydrogens is 269 g/mol. The summed E-state index contributed by atoms with van der Waals surface area (Å²) in [6.07, 6.45) is 5.42. The normalized spacial score (nSPS) is 20.0. The number of carbonyl (C=O) groups is 1. The van der Waals surface area contributed by atoms with Crippen molar-refractivity contribution < 1.29 is 9.18 Å². The van der Waals surface area contributed by atoms with E-state index in [0.717, 1.165) is 13.1 Å². The van der Waals surface area contributed by atoms with Gasteiger partial charge in [-0.1, -0.05) is 12.8 Å². The summed E-state index contributed by atoms with van der Waals surface area (Å²) < 4.78 is 13.1. The van der Waals surface area contributed by atoms with Crippen LogP contribution < -0.4 is 11.1 Å². The third-order valence-electron chi connectivity index (χ3n) is 4.10. The summed E-state index contributed by atoms with van der Waals surface area (Å²) in [5.41, 5.74) is 6.08. The summed E-state index contributed by atoms with van der Waals surface area (Å²) in [6, 6.07) is 4.78. The zero-order valence-corrected chi connectivity index (χ0v) is 12.6. The molecule has 1 fully saturated rings. The predicted octanol–water partition coefficient (Wildman–Crippen LogP) is 3.00. The summed E-state index contributed by atoms with van der Waals surface area (Å²) in [7, 11) is 0. The topological polar surface area (TPSA) is 58.4 Å². The average Bonchev–Trinajstić information content (AvgIpc) is 2.65. The van der Waals surface area contributed by atoms with Gasteiger partial charge in [0, 0.05) is 24.7 Å². The van der Waals surface area contributed by atoms with E-state index in [4.69, 9.17) is 5.73 Å². The van der Waals surface area contributed by atoms with Crippen LogP contribution in [0.1, 0.15) is 39.0 Å². The molecule has 0 radical (unpaired) electrons. The van der Waals surface area contributed by atoms with E-state index in [1.807, 2.05) is 0 Å². The largest absolute Gasteiger partial charge is 0.396 e. The van der Waals surface area contributed by atoms with Crippen LogP contribution in [-0.2, 0) is 4.79 Å². The van der Waals surface area contributed by atoms with Crippen LogP contribution in [0.4, 0.5) is 15.8 Å². The van der Waals surface area contributed by atoms with Crippen LogP contribution in [0.2, 0.25) is 0 Å². The molecule has 4 nitrogen and oxygen atoms in total. The quantitative estimate of drug-likeness (QED) is 0.839. The summed E-state index contributed by atoms with van der Waals surface area (Å²) in [5, 5.41) is 2.77. The number of nitrogen functional groups attached to an aromatic ring is 1. The molecule has 0 bridgehead atoms. The van der Waals surface area contributed by atoms with Crippen LogP contribution in [0.25, 0.3) is 0 Å². The lowest BCUT2D eigenvalue weighted by Gasteiger charge is -2.26. The second kappa shape index (κ2) is 7.41. The van der Waals surface area contributed by atoms with Gasteiger partial charge in [-0.15, -0.1) is 0 Å². The summed E-state index contributed by atoms with van der Waals surface area (Å²) in [5.74, 6) is -0.524. The van der Waals surface area contributed by atoms with Crippen molar-refractivity contribution in [2.75, 3.05) is 24.1 Å². The maximum Gasteiger partial charge on any atom is 0.225 e. The lowest BCUT2D eigenvalue weighted by molar-refractivity contribution is -0.116. The highest BCUT2D eigenvalue weighted by Gasteiger charge is 2.17. The molecule has 1 amide bonds. The molecule has 1 aromatic rings. The van der Waals surface area contributed by atoms with E-state index < -0.39 is 5.82 Å². The van der Waals surface area contributed by atoms with Crippen molar-refractivity contribution in [1.29, 1.82) is 0 Å². The van der Waals surface area contributed by atoms with Gasteiger partial charge in [0.05, 0.1) is 5.69 Å². The molecule has 1 aromatic carbocycles. The number of rotatable bonds is 4. The number of nitrogens with two attached hydrogens (primary N) is 1. The lowest BCUT2D eigenvalue weighted by Crippen LogP contribution is -2.35. The molecule has 1 aliphatic rings. The van der Waals surface area contributed by atoms with E-state index >= 15 is 0 Å². The minimum atomic E-state index is -0.466. The smallest absolute Gasteiger partial charge is 0.225 e. The first kappa shape index (κ1) is 15.8. The SMILES string of the molecule is CC1CCCCCN1CCC(=O)Nc1ccc(F)c(N)c1. The molecule has 0 aliphatic carbocycles. The van der Waals surface area contributed by atoms with E-state index in [2.05, 4.69) is 17.1 Å². The maximum atomic E-state index is 13.1. The third kappa shape index (κ3) is 4.70. The Kier molecular flexibility index (Phi) is 5.56. The molecule has 0 aromatic heterocycles. The van der Waals surface area contributed by atoms with Crippen molar-refractivity contribution in [3.8, 4) is 0 Å². The van der Waals surface area contributed by atoms with Gasteiger partial charge in [0.25, 0.3) is 0 Å². The first-order valence-corrected chi connectivity index (χ1v) is 7.65. The summed E-state index contributed by atoms with van der Waals surface area (Å²) >= 11 is 0. The number of likely N-dealkylation sites (tertiary alicyclic amines) is 1. The molecule has 0 saturated carbocycles. The van der Waals surface area contributed by atoms with Gasteiger partial charge in [0.2, 0.25) is 5.91 Å². The first-order valence-electron chi connectivity index (χ1n) is 7.65. The Bertz CT molecular complexity index is 492. The van der Waals surface area contributed by atoms with Crippen molar-refractivity contribution in [3.63, 3.8) is 0 Å². The van der Waals surface area contributed by atoms with Crippen molar-refractivity contribution in [3.05, 3.63) is 24.0 Å². The summed E-state index contributed by atoms with van der Waals surface area (Å²) in [6.45, 7) is 4.06.